The predicted octanol–water partition coefficient (Wildman–Crippen LogP) is 2.81. The van der Waals surface area contributed by atoms with Crippen LogP contribution in [0.1, 0.15) is 84.0 Å². The molecule has 2 N–H and O–H groups in total. The molecule has 0 heterocycles. The van der Waals surface area contributed by atoms with Gasteiger partial charge in [-0.05, 0) is 19.3 Å². The van der Waals surface area contributed by atoms with Crippen LogP contribution in [0.25, 0.3) is 0 Å². The van der Waals surface area contributed by atoms with Crippen LogP contribution in [0.2, 0.25) is 0 Å². The van der Waals surface area contributed by atoms with E-state index in [1.54, 1.807) is 0 Å². The van der Waals surface area contributed by atoms with E-state index in [4.69, 9.17) is 0 Å². The van der Waals surface area contributed by atoms with Crippen molar-refractivity contribution in [3.63, 3.8) is 0 Å². The highest BCUT2D eigenvalue weighted by molar-refractivity contribution is 5.50. The van der Waals surface area contributed by atoms with Gasteiger partial charge in [-0.3, -0.25) is 25.0 Å². The Morgan fingerprint density at radius 3 is 1.70 bits per heavy atom. The molecule has 0 aliphatic carbocycles. The molecule has 0 amide bonds. The maximum Gasteiger partial charge on any atom is 0.245 e. The van der Waals surface area contributed by atoms with Crippen LogP contribution >= 0.6 is 0 Å². The highest BCUT2D eigenvalue weighted by atomic mass is 16.6. The first-order valence-corrected chi connectivity index (χ1v) is 9.83. The molecular formula is C18H33N2O7. The van der Waals surface area contributed by atoms with Crippen molar-refractivity contribution in [1.82, 2.24) is 0 Å². The van der Waals surface area contributed by atoms with E-state index in [1.165, 1.54) is 0 Å². The lowest BCUT2D eigenvalue weighted by Gasteiger charge is -2.20. The van der Waals surface area contributed by atoms with Crippen molar-refractivity contribution in [2.75, 3.05) is 0 Å². The fourth-order valence-corrected chi connectivity index (χ4v) is 3.08. The molecule has 0 aromatic rings. The lowest BCUT2D eigenvalue weighted by atomic mass is 9.93. The van der Waals surface area contributed by atoms with Gasteiger partial charge in [0.2, 0.25) is 12.1 Å². The molecular weight excluding hydrogens is 356 g/mol. The maximum absolute atomic E-state index is 11.3. The largest absolute Gasteiger partial charge is 0.386 e. The summed E-state index contributed by atoms with van der Waals surface area (Å²) in [4.78, 5) is 31.3. The monoisotopic (exact) mass is 389 g/mol. The zero-order valence-electron chi connectivity index (χ0n) is 16.1. The van der Waals surface area contributed by atoms with Gasteiger partial charge in [-0.25, -0.2) is 0 Å². The molecule has 0 aromatic heterocycles. The first kappa shape index (κ1) is 25.4. The van der Waals surface area contributed by atoms with Crippen molar-refractivity contribution in [2.24, 2.45) is 0 Å². The van der Waals surface area contributed by atoms with Gasteiger partial charge in [-0.1, -0.05) is 51.9 Å². The molecule has 27 heavy (non-hydrogen) atoms. The molecule has 9 nitrogen and oxygen atoms in total. The minimum atomic E-state index is -1.47. The topological polar surface area (TPSA) is 144 Å². The van der Waals surface area contributed by atoms with Gasteiger partial charge in [-0.2, -0.15) is 0 Å². The second kappa shape index (κ2) is 15.4. The molecule has 4 unspecified atom stereocenters. The fraction of sp³-hybridized carbons (Fsp3) is 0.944. The van der Waals surface area contributed by atoms with Crippen molar-refractivity contribution in [3.8, 4) is 0 Å². The van der Waals surface area contributed by atoms with Crippen LogP contribution < -0.4 is 0 Å². The second-order valence-electron chi connectivity index (χ2n) is 7.02. The summed E-state index contributed by atoms with van der Waals surface area (Å²) in [5.41, 5.74) is 0. The number of rotatable bonds is 18. The average Bonchev–Trinajstić information content (AvgIpc) is 2.60. The van der Waals surface area contributed by atoms with E-state index in [0.29, 0.717) is 19.3 Å². The van der Waals surface area contributed by atoms with Crippen LogP contribution in [-0.4, -0.2) is 50.6 Å². The zero-order chi connectivity index (χ0) is 20.7. The predicted molar refractivity (Wildman–Crippen MR) is 100 cm³/mol. The van der Waals surface area contributed by atoms with Gasteiger partial charge in [0, 0.05) is 16.3 Å². The molecule has 1 radical (unpaired) electrons. The Bertz CT molecular complexity index is 434. The minimum Gasteiger partial charge on any atom is -0.386 e. The Balaban J connectivity index is 4.53. The number of unbranched alkanes of at least 4 members (excludes halogenated alkanes) is 7. The van der Waals surface area contributed by atoms with E-state index >= 15 is 0 Å². The van der Waals surface area contributed by atoms with Gasteiger partial charge in [0.15, 0.2) is 6.29 Å². The molecule has 0 aliphatic heterocycles. The third kappa shape index (κ3) is 11.7. The van der Waals surface area contributed by atoms with Gasteiger partial charge in [0.25, 0.3) is 0 Å². The molecule has 0 saturated heterocycles. The number of hydrogen-bond donors (Lipinski definition) is 2. The zero-order valence-corrected chi connectivity index (χ0v) is 16.1. The summed E-state index contributed by atoms with van der Waals surface area (Å²) in [5.74, 6) is 0. The Morgan fingerprint density at radius 1 is 0.815 bits per heavy atom. The summed E-state index contributed by atoms with van der Waals surface area (Å²) < 4.78 is 0. The number of aliphatic hydroxyl groups is 2. The van der Waals surface area contributed by atoms with Crippen molar-refractivity contribution in [1.29, 1.82) is 0 Å². The van der Waals surface area contributed by atoms with E-state index in [0.717, 1.165) is 38.5 Å². The van der Waals surface area contributed by atoms with Crippen LogP contribution in [0, 0.1) is 20.2 Å². The standard InChI is InChI=1S/C18H33N2O7/c1-2-3-8-11-17(22)15(19(24)25)14-16(20(26)27)18(23)12-9-6-4-5-7-10-13-21/h15-18,22-23H,2-12,14H2,1H3. The third-order valence-corrected chi connectivity index (χ3v) is 4.80. The van der Waals surface area contributed by atoms with Gasteiger partial charge in [0.05, 0.1) is 6.42 Å². The molecule has 157 valence electrons. The number of nitro groups is 2. The quantitative estimate of drug-likeness (QED) is 0.208. The SMILES string of the molecule is CCCCCC(O)C(CC(C(O)CCCCCCC[C]=O)[N+](=O)[O-])[N+](=O)[O-]. The third-order valence-electron chi connectivity index (χ3n) is 4.80. The van der Waals surface area contributed by atoms with E-state index in [2.05, 4.69) is 0 Å². The fourth-order valence-electron chi connectivity index (χ4n) is 3.08. The van der Waals surface area contributed by atoms with Crippen LogP contribution in [0.4, 0.5) is 0 Å². The molecule has 0 bridgehead atoms. The van der Waals surface area contributed by atoms with Crippen LogP contribution in [0.15, 0.2) is 0 Å². The summed E-state index contributed by atoms with van der Waals surface area (Å²) in [6, 6.07) is -2.92. The molecule has 9 heteroatoms. The van der Waals surface area contributed by atoms with Crippen molar-refractivity contribution in [2.45, 2.75) is 108 Å². The molecule has 0 fully saturated rings. The summed E-state index contributed by atoms with van der Waals surface area (Å²) in [5, 5.41) is 42.8. The van der Waals surface area contributed by atoms with Crippen molar-refractivity contribution >= 4 is 6.29 Å². The number of aliphatic hydroxyl groups excluding tert-OH is 2. The Kier molecular flexibility index (Phi) is 14.5. The van der Waals surface area contributed by atoms with E-state index in [9.17, 15) is 35.2 Å². The van der Waals surface area contributed by atoms with E-state index < -0.39 is 40.6 Å². The Hall–Kier alpha value is -1.61. The first-order chi connectivity index (χ1) is 12.8. The summed E-state index contributed by atoms with van der Waals surface area (Å²) >= 11 is 0. The normalized spacial score (nSPS) is 15.7. The van der Waals surface area contributed by atoms with Crippen LogP contribution in [0.3, 0.4) is 0 Å². The molecule has 0 aromatic carbocycles. The summed E-state index contributed by atoms with van der Waals surface area (Å²) in [6.07, 6.45) is 5.74. The van der Waals surface area contributed by atoms with Crippen molar-refractivity contribution < 1.29 is 24.9 Å². The lowest BCUT2D eigenvalue weighted by molar-refractivity contribution is -0.573. The van der Waals surface area contributed by atoms with E-state index in [1.807, 2.05) is 13.2 Å². The van der Waals surface area contributed by atoms with Gasteiger partial charge in [-0.15, -0.1) is 0 Å². The Labute approximate surface area is 160 Å². The molecule has 4 atom stereocenters. The van der Waals surface area contributed by atoms with E-state index in [-0.39, 0.29) is 12.8 Å². The summed E-state index contributed by atoms with van der Waals surface area (Å²) in [6.45, 7) is 1.97. The highest BCUT2D eigenvalue weighted by Crippen LogP contribution is 2.19. The Morgan fingerprint density at radius 2 is 1.26 bits per heavy atom. The van der Waals surface area contributed by atoms with Gasteiger partial charge < -0.3 is 10.2 Å². The number of carbonyl (C=O) groups excluding carboxylic acids is 1. The lowest BCUT2D eigenvalue weighted by Crippen LogP contribution is -2.43. The number of hydrogen-bond acceptors (Lipinski definition) is 7. The summed E-state index contributed by atoms with van der Waals surface area (Å²) in [7, 11) is 0. The second-order valence-corrected chi connectivity index (χ2v) is 7.02. The smallest absolute Gasteiger partial charge is 0.245 e. The average molecular weight is 389 g/mol. The van der Waals surface area contributed by atoms with Crippen LogP contribution in [-0.2, 0) is 4.79 Å². The minimum absolute atomic E-state index is 0.182. The van der Waals surface area contributed by atoms with Crippen LogP contribution in [0.5, 0.6) is 0 Å². The maximum atomic E-state index is 11.3. The molecule has 0 rings (SSSR count). The van der Waals surface area contributed by atoms with Gasteiger partial charge in [0.1, 0.15) is 12.2 Å². The highest BCUT2D eigenvalue weighted by Gasteiger charge is 2.40. The molecule has 0 saturated carbocycles. The molecule has 0 aliphatic rings. The van der Waals surface area contributed by atoms with Crippen molar-refractivity contribution in [3.05, 3.63) is 20.2 Å². The number of nitrogens with zero attached hydrogens (tertiary/aromatic N) is 2. The first-order valence-electron chi connectivity index (χ1n) is 9.83. The molecule has 0 spiro atoms. The van der Waals surface area contributed by atoms with Gasteiger partial charge >= 0.3 is 0 Å².